The van der Waals surface area contributed by atoms with Crippen molar-refractivity contribution >= 4 is 39.0 Å². The lowest BCUT2D eigenvalue weighted by molar-refractivity contribution is -0.131. The fourth-order valence-corrected chi connectivity index (χ4v) is 5.31. The number of fused-ring (bicyclic) bond motifs is 1. The van der Waals surface area contributed by atoms with E-state index in [1.807, 2.05) is 4.90 Å². The third-order valence-corrected chi connectivity index (χ3v) is 7.42. The minimum Gasteiger partial charge on any atom is -0.337 e. The van der Waals surface area contributed by atoms with Crippen LogP contribution >= 0.6 is 11.8 Å². The van der Waals surface area contributed by atoms with Crippen LogP contribution in [0.15, 0.2) is 23.1 Å². The van der Waals surface area contributed by atoms with Crippen LogP contribution in [0, 0.1) is 12.7 Å². The van der Waals surface area contributed by atoms with Crippen LogP contribution in [0.2, 0.25) is 0 Å². The molecule has 4 rings (SSSR count). The van der Waals surface area contributed by atoms with E-state index in [4.69, 9.17) is 0 Å². The van der Waals surface area contributed by atoms with Crippen molar-refractivity contribution in [2.24, 2.45) is 0 Å². The van der Waals surface area contributed by atoms with Gasteiger partial charge in [-0.1, -0.05) is 0 Å². The highest BCUT2D eigenvalue weighted by molar-refractivity contribution is 7.99. The number of carbonyl (C=O) groups is 1. The summed E-state index contributed by atoms with van der Waals surface area (Å²) in [6.07, 6.45) is 1.67. The second-order valence-corrected chi connectivity index (χ2v) is 10.8. The molecule has 1 saturated heterocycles. The molecule has 1 N–H and O–H groups in total. The average molecular weight is 466 g/mol. The van der Waals surface area contributed by atoms with Gasteiger partial charge in [0.05, 0.1) is 28.7 Å². The predicted molar refractivity (Wildman–Crippen MR) is 118 cm³/mol. The van der Waals surface area contributed by atoms with Crippen LogP contribution < -0.4 is 5.32 Å². The number of aryl methyl sites for hydroxylation is 1. The lowest BCUT2D eigenvalue weighted by Crippen LogP contribution is -2.41. The van der Waals surface area contributed by atoms with Gasteiger partial charge in [0.1, 0.15) is 17.5 Å². The van der Waals surface area contributed by atoms with E-state index < -0.39 is 15.7 Å². The molecule has 0 radical (unpaired) electrons. The SMILES string of the molecule is Cc1nc2c(c(Nc3ccc(S(C)(=O)=O)cc3F)n1)CCN(CC(=O)N1CCSC1)C2. The van der Waals surface area contributed by atoms with Crippen molar-refractivity contribution in [2.75, 3.05) is 42.8 Å². The fraction of sp³-hybridized carbons (Fsp3) is 0.450. The number of aromatic nitrogens is 2. The summed E-state index contributed by atoms with van der Waals surface area (Å²) in [4.78, 5) is 25.3. The molecule has 3 heterocycles. The highest BCUT2D eigenvalue weighted by atomic mass is 32.2. The monoisotopic (exact) mass is 465 g/mol. The average Bonchev–Trinajstić information content (AvgIpc) is 3.23. The van der Waals surface area contributed by atoms with Crippen molar-refractivity contribution in [3.63, 3.8) is 0 Å². The summed E-state index contributed by atoms with van der Waals surface area (Å²) in [6.45, 7) is 4.12. The largest absolute Gasteiger partial charge is 0.337 e. The second-order valence-electron chi connectivity index (χ2n) is 7.74. The van der Waals surface area contributed by atoms with Gasteiger partial charge in [0.15, 0.2) is 9.84 Å². The number of hydrogen-bond donors (Lipinski definition) is 1. The van der Waals surface area contributed by atoms with Crippen LogP contribution in [0.25, 0.3) is 0 Å². The molecule has 31 heavy (non-hydrogen) atoms. The Morgan fingerprint density at radius 3 is 2.77 bits per heavy atom. The Morgan fingerprint density at radius 2 is 2.10 bits per heavy atom. The Morgan fingerprint density at radius 1 is 1.29 bits per heavy atom. The van der Waals surface area contributed by atoms with Crippen molar-refractivity contribution in [3.8, 4) is 0 Å². The van der Waals surface area contributed by atoms with Gasteiger partial charge in [0, 0.05) is 37.2 Å². The number of carbonyl (C=O) groups excluding carboxylic acids is 1. The van der Waals surface area contributed by atoms with Gasteiger partial charge < -0.3 is 10.2 Å². The van der Waals surface area contributed by atoms with Crippen LogP contribution in [0.1, 0.15) is 17.1 Å². The van der Waals surface area contributed by atoms with Crippen LogP contribution in [0.4, 0.5) is 15.9 Å². The fourth-order valence-electron chi connectivity index (χ4n) is 3.70. The lowest BCUT2D eigenvalue weighted by Gasteiger charge is -2.30. The number of sulfone groups is 1. The Hall–Kier alpha value is -2.24. The molecule has 1 fully saturated rings. The van der Waals surface area contributed by atoms with Crippen molar-refractivity contribution in [2.45, 2.75) is 24.8 Å². The number of rotatable bonds is 5. The van der Waals surface area contributed by atoms with Gasteiger partial charge in [-0.3, -0.25) is 9.69 Å². The van der Waals surface area contributed by atoms with E-state index in [2.05, 4.69) is 20.2 Å². The molecule has 0 aliphatic carbocycles. The van der Waals surface area contributed by atoms with E-state index in [1.165, 1.54) is 12.1 Å². The summed E-state index contributed by atoms with van der Waals surface area (Å²) in [5.41, 5.74) is 1.85. The molecule has 8 nitrogen and oxygen atoms in total. The van der Waals surface area contributed by atoms with Gasteiger partial charge in [-0.2, -0.15) is 0 Å². The number of benzene rings is 1. The van der Waals surface area contributed by atoms with Crippen molar-refractivity contribution in [1.82, 2.24) is 19.8 Å². The molecule has 1 aromatic carbocycles. The zero-order valence-corrected chi connectivity index (χ0v) is 19.0. The van der Waals surface area contributed by atoms with Crippen LogP contribution in [0.5, 0.6) is 0 Å². The van der Waals surface area contributed by atoms with Crippen molar-refractivity contribution in [1.29, 1.82) is 0 Å². The maximum absolute atomic E-state index is 14.5. The van der Waals surface area contributed by atoms with Gasteiger partial charge in [0.2, 0.25) is 5.91 Å². The number of nitrogens with zero attached hydrogens (tertiary/aromatic N) is 4. The van der Waals surface area contributed by atoms with Crippen LogP contribution in [-0.4, -0.2) is 71.6 Å². The Balaban J connectivity index is 1.53. The maximum atomic E-state index is 14.5. The van der Waals surface area contributed by atoms with Crippen LogP contribution in [0.3, 0.4) is 0 Å². The normalized spacial score (nSPS) is 16.9. The molecule has 1 aromatic heterocycles. The molecular weight excluding hydrogens is 441 g/mol. The molecule has 166 valence electrons. The first-order valence-corrected chi connectivity index (χ1v) is 13.0. The molecule has 2 aromatic rings. The topological polar surface area (TPSA) is 95.5 Å². The lowest BCUT2D eigenvalue weighted by atomic mass is 10.0. The smallest absolute Gasteiger partial charge is 0.237 e. The highest BCUT2D eigenvalue weighted by Gasteiger charge is 2.26. The third-order valence-electron chi connectivity index (χ3n) is 5.34. The summed E-state index contributed by atoms with van der Waals surface area (Å²) in [7, 11) is -3.49. The van der Waals surface area contributed by atoms with Gasteiger partial charge in [0.25, 0.3) is 0 Å². The van der Waals surface area contributed by atoms with E-state index >= 15 is 0 Å². The van der Waals surface area contributed by atoms with E-state index in [9.17, 15) is 17.6 Å². The Bertz CT molecular complexity index is 1120. The first kappa shape index (κ1) is 22.0. The number of amides is 1. The molecule has 11 heteroatoms. The molecule has 0 saturated carbocycles. The summed E-state index contributed by atoms with van der Waals surface area (Å²) >= 11 is 1.76. The quantitative estimate of drug-likeness (QED) is 0.716. The van der Waals surface area contributed by atoms with E-state index in [1.54, 1.807) is 18.7 Å². The molecule has 0 atom stereocenters. The van der Waals surface area contributed by atoms with Crippen molar-refractivity contribution < 1.29 is 17.6 Å². The summed E-state index contributed by atoms with van der Waals surface area (Å²) in [6, 6.07) is 3.77. The van der Waals surface area contributed by atoms with E-state index in [0.29, 0.717) is 37.7 Å². The van der Waals surface area contributed by atoms with Gasteiger partial charge in [-0.05, 0) is 31.5 Å². The second kappa shape index (κ2) is 8.71. The summed E-state index contributed by atoms with van der Waals surface area (Å²) in [5.74, 6) is 2.25. The number of halogens is 1. The van der Waals surface area contributed by atoms with E-state index in [0.717, 1.165) is 41.8 Å². The van der Waals surface area contributed by atoms with Crippen LogP contribution in [-0.2, 0) is 27.6 Å². The third kappa shape index (κ3) is 4.99. The minimum atomic E-state index is -3.49. The summed E-state index contributed by atoms with van der Waals surface area (Å²) < 4.78 is 37.8. The van der Waals surface area contributed by atoms with Gasteiger partial charge >= 0.3 is 0 Å². The van der Waals surface area contributed by atoms with Crippen molar-refractivity contribution in [3.05, 3.63) is 41.1 Å². The molecule has 0 bridgehead atoms. The number of hydrogen-bond acceptors (Lipinski definition) is 8. The molecule has 2 aliphatic rings. The van der Waals surface area contributed by atoms with Gasteiger partial charge in [-0.15, -0.1) is 11.8 Å². The molecule has 0 unspecified atom stereocenters. The zero-order chi connectivity index (χ0) is 22.2. The Labute approximate surface area is 185 Å². The highest BCUT2D eigenvalue weighted by Crippen LogP contribution is 2.28. The number of anilines is 2. The Kier molecular flexibility index (Phi) is 6.18. The standard InChI is InChI=1S/C20H24FN5O3S2/c1-13-22-18-10-25(11-19(27)26-7-8-30-12-26)6-5-15(18)20(23-13)24-17-4-3-14(9-16(17)21)31(2,28)29/h3-4,9H,5-8,10-12H2,1-2H3,(H,22,23,24). The first-order valence-electron chi connectivity index (χ1n) is 9.91. The molecular formula is C20H24FN5O3S2. The number of nitrogens with one attached hydrogen (secondary N) is 1. The zero-order valence-electron chi connectivity index (χ0n) is 17.4. The minimum absolute atomic E-state index is 0.0758. The molecule has 1 amide bonds. The predicted octanol–water partition coefficient (Wildman–Crippen LogP) is 1.96. The first-order chi connectivity index (χ1) is 14.7. The number of thioether (sulfide) groups is 1. The molecule has 2 aliphatic heterocycles. The van der Waals surface area contributed by atoms with E-state index in [-0.39, 0.29) is 16.5 Å². The molecule has 0 spiro atoms. The summed E-state index contributed by atoms with van der Waals surface area (Å²) in [5, 5.41) is 3.00. The van der Waals surface area contributed by atoms with Gasteiger partial charge in [-0.25, -0.2) is 22.8 Å². The maximum Gasteiger partial charge on any atom is 0.237 e.